The average molecular weight is 469 g/mol. The molecule has 0 unspecified atom stereocenters. The fourth-order valence-corrected chi connectivity index (χ4v) is 2.89. The molecule has 3 aromatic rings. The van der Waals surface area contributed by atoms with Gasteiger partial charge in [0.2, 0.25) is 11.8 Å². The molecule has 34 heavy (non-hydrogen) atoms. The summed E-state index contributed by atoms with van der Waals surface area (Å²) in [5.74, 6) is -2.55. The standard InChI is InChI=1S/C22H24FN7O4/c1-4-17(32)26-13-5-6-15(23)16(9-13)34-22-18(12(2)3)28-19(20(24)33)21(29-22)27-14-10-25-30(11-14)7-8-31/h4-6,9-12,31H,1,7-8H2,2-3H3,(H2,24,33)(H,26,32)(H,27,29). The summed E-state index contributed by atoms with van der Waals surface area (Å²) < 4.78 is 21.7. The highest BCUT2D eigenvalue weighted by molar-refractivity contribution is 5.99. The highest BCUT2D eigenvalue weighted by atomic mass is 19.1. The minimum Gasteiger partial charge on any atom is -0.434 e. The number of nitrogens with two attached hydrogens (primary N) is 1. The third-order valence-corrected chi connectivity index (χ3v) is 4.49. The number of hydrogen-bond acceptors (Lipinski definition) is 8. The van der Waals surface area contributed by atoms with Gasteiger partial charge in [0.1, 0.15) is 5.69 Å². The van der Waals surface area contributed by atoms with Crippen molar-refractivity contribution in [3.05, 3.63) is 60.5 Å². The first-order valence-electron chi connectivity index (χ1n) is 10.2. The van der Waals surface area contributed by atoms with Crippen molar-refractivity contribution in [3.8, 4) is 11.6 Å². The first-order chi connectivity index (χ1) is 16.2. The number of aromatic nitrogens is 4. The molecule has 0 spiro atoms. The van der Waals surface area contributed by atoms with Crippen LogP contribution in [0.3, 0.4) is 0 Å². The van der Waals surface area contributed by atoms with Crippen LogP contribution in [-0.2, 0) is 11.3 Å². The molecule has 0 radical (unpaired) electrons. The lowest BCUT2D eigenvalue weighted by atomic mass is 10.1. The Balaban J connectivity index is 2.03. The molecule has 11 nitrogen and oxygen atoms in total. The zero-order valence-electron chi connectivity index (χ0n) is 18.6. The largest absolute Gasteiger partial charge is 0.434 e. The molecule has 2 aromatic heterocycles. The van der Waals surface area contributed by atoms with Crippen molar-refractivity contribution in [2.75, 3.05) is 17.2 Å². The lowest BCUT2D eigenvalue weighted by molar-refractivity contribution is -0.111. The number of anilines is 3. The van der Waals surface area contributed by atoms with Gasteiger partial charge in [0.25, 0.3) is 5.91 Å². The third-order valence-electron chi connectivity index (χ3n) is 4.49. The number of carbonyl (C=O) groups excluding carboxylic acids is 2. The first kappa shape index (κ1) is 24.3. The SMILES string of the molecule is C=CC(=O)Nc1ccc(F)c(Oc2nc(Nc3cnn(CCO)c3)c(C(N)=O)nc2C(C)C)c1. The van der Waals surface area contributed by atoms with Crippen LogP contribution < -0.4 is 21.1 Å². The molecule has 2 amide bonds. The maximum atomic E-state index is 14.5. The smallest absolute Gasteiger partial charge is 0.271 e. The van der Waals surface area contributed by atoms with Crippen molar-refractivity contribution < 1.29 is 23.8 Å². The van der Waals surface area contributed by atoms with Crippen molar-refractivity contribution in [3.63, 3.8) is 0 Å². The number of amides is 2. The number of primary amides is 1. The van der Waals surface area contributed by atoms with Crippen molar-refractivity contribution in [1.29, 1.82) is 0 Å². The van der Waals surface area contributed by atoms with Crippen LogP contribution in [0.4, 0.5) is 21.6 Å². The van der Waals surface area contributed by atoms with Crippen LogP contribution in [0, 0.1) is 5.82 Å². The Kier molecular flexibility index (Phi) is 7.53. The van der Waals surface area contributed by atoms with E-state index in [0.717, 1.165) is 12.1 Å². The van der Waals surface area contributed by atoms with E-state index in [-0.39, 0.29) is 53.6 Å². The van der Waals surface area contributed by atoms with E-state index in [1.54, 1.807) is 20.0 Å². The quantitative estimate of drug-likeness (QED) is 0.330. The van der Waals surface area contributed by atoms with Gasteiger partial charge in [-0.1, -0.05) is 20.4 Å². The summed E-state index contributed by atoms with van der Waals surface area (Å²) in [6.45, 7) is 7.14. The van der Waals surface area contributed by atoms with Gasteiger partial charge in [0.15, 0.2) is 23.1 Å². The Morgan fingerprint density at radius 3 is 2.74 bits per heavy atom. The molecule has 0 aliphatic carbocycles. The second kappa shape index (κ2) is 10.5. The number of benzene rings is 1. The molecule has 0 aliphatic heterocycles. The molecule has 178 valence electrons. The summed E-state index contributed by atoms with van der Waals surface area (Å²) in [5, 5.41) is 18.6. The van der Waals surface area contributed by atoms with E-state index >= 15 is 0 Å². The Morgan fingerprint density at radius 2 is 2.09 bits per heavy atom. The second-order valence-electron chi connectivity index (χ2n) is 7.41. The van der Waals surface area contributed by atoms with Gasteiger partial charge in [-0.05, 0) is 18.2 Å². The fourth-order valence-electron chi connectivity index (χ4n) is 2.89. The topological polar surface area (TPSA) is 157 Å². The van der Waals surface area contributed by atoms with Crippen LogP contribution in [-0.4, -0.2) is 43.3 Å². The molecule has 12 heteroatoms. The number of aliphatic hydroxyl groups excluding tert-OH is 1. The van der Waals surface area contributed by atoms with E-state index in [1.165, 1.54) is 23.0 Å². The molecule has 0 fully saturated rings. The van der Waals surface area contributed by atoms with Crippen LogP contribution in [0.25, 0.3) is 0 Å². The molecule has 0 aliphatic rings. The lowest BCUT2D eigenvalue weighted by Gasteiger charge is -2.16. The van der Waals surface area contributed by atoms with Crippen LogP contribution >= 0.6 is 0 Å². The predicted octanol–water partition coefficient (Wildman–Crippen LogP) is 2.69. The number of nitrogens with one attached hydrogen (secondary N) is 2. The van der Waals surface area contributed by atoms with Gasteiger partial charge in [-0.3, -0.25) is 14.3 Å². The number of halogens is 1. The first-order valence-corrected chi connectivity index (χ1v) is 10.2. The molecule has 0 atom stereocenters. The molecule has 0 saturated carbocycles. The van der Waals surface area contributed by atoms with Crippen molar-refractivity contribution >= 4 is 29.0 Å². The molecule has 1 aromatic carbocycles. The minimum atomic E-state index is -0.827. The number of rotatable bonds is 10. The molecule has 2 heterocycles. The van der Waals surface area contributed by atoms with Gasteiger partial charge < -0.3 is 26.2 Å². The number of aliphatic hydroxyl groups is 1. The lowest BCUT2D eigenvalue weighted by Crippen LogP contribution is -2.19. The van der Waals surface area contributed by atoms with Gasteiger partial charge in [-0.25, -0.2) is 9.37 Å². The molecular formula is C22H24FN7O4. The number of carbonyl (C=O) groups is 2. The normalized spacial score (nSPS) is 10.7. The van der Waals surface area contributed by atoms with E-state index in [9.17, 15) is 14.0 Å². The maximum absolute atomic E-state index is 14.5. The Labute approximate surface area is 194 Å². The van der Waals surface area contributed by atoms with Gasteiger partial charge >= 0.3 is 0 Å². The minimum absolute atomic E-state index is 0.0213. The van der Waals surface area contributed by atoms with Crippen LogP contribution in [0.2, 0.25) is 0 Å². The van der Waals surface area contributed by atoms with Crippen molar-refractivity contribution in [2.45, 2.75) is 26.3 Å². The summed E-state index contributed by atoms with van der Waals surface area (Å²) in [7, 11) is 0. The summed E-state index contributed by atoms with van der Waals surface area (Å²) in [6.07, 6.45) is 4.13. The highest BCUT2D eigenvalue weighted by Crippen LogP contribution is 2.33. The molecule has 0 bridgehead atoms. The van der Waals surface area contributed by atoms with E-state index in [4.69, 9.17) is 15.6 Å². The van der Waals surface area contributed by atoms with Gasteiger partial charge in [0.05, 0.1) is 25.0 Å². The number of nitrogens with zero attached hydrogens (tertiary/aromatic N) is 4. The van der Waals surface area contributed by atoms with Crippen LogP contribution in [0.15, 0.2) is 43.2 Å². The summed E-state index contributed by atoms with van der Waals surface area (Å²) >= 11 is 0. The van der Waals surface area contributed by atoms with Crippen molar-refractivity contribution in [2.24, 2.45) is 5.73 Å². The zero-order valence-corrected chi connectivity index (χ0v) is 18.6. The molecular weight excluding hydrogens is 445 g/mol. The van der Waals surface area contributed by atoms with E-state index < -0.39 is 17.6 Å². The molecule has 5 N–H and O–H groups in total. The van der Waals surface area contributed by atoms with Crippen LogP contribution in [0.5, 0.6) is 11.6 Å². The molecule has 3 rings (SSSR count). The van der Waals surface area contributed by atoms with Gasteiger partial charge in [-0.2, -0.15) is 10.1 Å². The van der Waals surface area contributed by atoms with Gasteiger partial charge in [0, 0.05) is 23.9 Å². The van der Waals surface area contributed by atoms with Crippen molar-refractivity contribution in [1.82, 2.24) is 19.7 Å². The molecule has 0 saturated heterocycles. The second-order valence-corrected chi connectivity index (χ2v) is 7.41. The van der Waals surface area contributed by atoms with Crippen LogP contribution in [0.1, 0.15) is 35.9 Å². The zero-order chi connectivity index (χ0) is 24.8. The highest BCUT2D eigenvalue weighted by Gasteiger charge is 2.22. The number of ether oxygens (including phenoxy) is 1. The van der Waals surface area contributed by atoms with Gasteiger partial charge in [-0.15, -0.1) is 0 Å². The predicted molar refractivity (Wildman–Crippen MR) is 123 cm³/mol. The summed E-state index contributed by atoms with van der Waals surface area (Å²) in [5.41, 5.74) is 6.38. The fraction of sp³-hybridized carbons (Fsp3) is 0.227. The Hall–Kier alpha value is -4.32. The summed E-state index contributed by atoms with van der Waals surface area (Å²) in [4.78, 5) is 32.3. The maximum Gasteiger partial charge on any atom is 0.271 e. The summed E-state index contributed by atoms with van der Waals surface area (Å²) in [6, 6.07) is 3.78. The third kappa shape index (κ3) is 5.72. The Morgan fingerprint density at radius 1 is 1.32 bits per heavy atom. The monoisotopic (exact) mass is 469 g/mol. The van der Waals surface area contributed by atoms with E-state index in [2.05, 4.69) is 32.3 Å². The Bertz CT molecular complexity index is 1230. The van der Waals surface area contributed by atoms with E-state index in [1.807, 2.05) is 0 Å². The van der Waals surface area contributed by atoms with E-state index in [0.29, 0.717) is 5.69 Å². The number of hydrogen-bond donors (Lipinski definition) is 4. The average Bonchev–Trinajstić information content (AvgIpc) is 3.22.